The van der Waals surface area contributed by atoms with Crippen molar-refractivity contribution in [1.29, 1.82) is 0 Å². The molecule has 3 aromatic heterocycles. The van der Waals surface area contributed by atoms with E-state index in [2.05, 4.69) is 25.3 Å². The number of ketones is 2. The number of rotatable bonds is 7. The number of aromatic amines is 2. The zero-order valence-corrected chi connectivity index (χ0v) is 19.1. The largest absolute Gasteiger partial charge is 0.494 e. The standard InChI is InChI=1S/C26H22N6O3/c1-15-8-24(31-30-15)27-13-21-20-11-18(6-7-22(20)29-26(21)35)25(34)17-5-3-4-16(9-17)10-23(33)19-12-28-32(2)14-19/h3-9,11-14,29,35H,10H2,1-2H3,(H,30,31). The van der Waals surface area contributed by atoms with Gasteiger partial charge in [0.25, 0.3) is 0 Å². The number of carbonyl (C=O) groups is 2. The van der Waals surface area contributed by atoms with Crippen molar-refractivity contribution in [3.8, 4) is 5.88 Å². The van der Waals surface area contributed by atoms with Gasteiger partial charge in [0, 0.05) is 59.7 Å². The number of aromatic nitrogens is 5. The number of nitrogens with zero attached hydrogens (tertiary/aromatic N) is 4. The number of H-pyrrole nitrogens is 2. The van der Waals surface area contributed by atoms with E-state index in [1.807, 2.05) is 13.0 Å². The number of hydrogen-bond donors (Lipinski definition) is 3. The number of carbonyl (C=O) groups excluding carboxylic acids is 2. The highest BCUT2D eigenvalue weighted by Crippen LogP contribution is 2.28. The molecule has 0 radical (unpaired) electrons. The van der Waals surface area contributed by atoms with Gasteiger partial charge in [-0.05, 0) is 36.8 Å². The van der Waals surface area contributed by atoms with E-state index in [1.165, 1.54) is 12.4 Å². The molecule has 0 spiro atoms. The number of aromatic hydroxyl groups is 1. The molecule has 0 fully saturated rings. The van der Waals surface area contributed by atoms with Crippen LogP contribution in [0, 0.1) is 6.92 Å². The van der Waals surface area contributed by atoms with E-state index in [4.69, 9.17) is 0 Å². The van der Waals surface area contributed by atoms with Crippen LogP contribution in [0.4, 0.5) is 5.82 Å². The minimum Gasteiger partial charge on any atom is -0.494 e. The van der Waals surface area contributed by atoms with Crippen molar-refractivity contribution in [3.05, 3.63) is 94.4 Å². The van der Waals surface area contributed by atoms with Gasteiger partial charge >= 0.3 is 0 Å². The summed E-state index contributed by atoms with van der Waals surface area (Å²) < 4.78 is 1.58. The Bertz CT molecular complexity index is 1600. The molecule has 0 saturated carbocycles. The Labute approximate surface area is 200 Å². The smallest absolute Gasteiger partial charge is 0.198 e. The van der Waals surface area contributed by atoms with Crippen LogP contribution in [0.5, 0.6) is 5.88 Å². The second-order valence-corrected chi connectivity index (χ2v) is 8.35. The molecule has 9 nitrogen and oxygen atoms in total. The summed E-state index contributed by atoms with van der Waals surface area (Å²) in [6.07, 6.45) is 4.90. The number of aryl methyl sites for hydroxylation is 2. The van der Waals surface area contributed by atoms with Gasteiger partial charge in [-0.3, -0.25) is 19.4 Å². The van der Waals surface area contributed by atoms with Crippen molar-refractivity contribution in [2.45, 2.75) is 13.3 Å². The molecular formula is C26H22N6O3. The van der Waals surface area contributed by atoms with E-state index in [9.17, 15) is 14.7 Å². The molecule has 2 aromatic carbocycles. The number of benzene rings is 2. The molecule has 0 bridgehead atoms. The molecule has 0 saturated heterocycles. The van der Waals surface area contributed by atoms with E-state index >= 15 is 0 Å². The van der Waals surface area contributed by atoms with E-state index in [-0.39, 0.29) is 23.9 Å². The molecule has 9 heteroatoms. The molecule has 0 amide bonds. The molecule has 0 aliphatic rings. The lowest BCUT2D eigenvalue weighted by Gasteiger charge is -2.05. The predicted molar refractivity (Wildman–Crippen MR) is 132 cm³/mol. The third-order valence-electron chi connectivity index (χ3n) is 5.68. The molecule has 3 N–H and O–H groups in total. The monoisotopic (exact) mass is 466 g/mol. The number of hydrogen-bond acceptors (Lipinski definition) is 6. The number of nitrogens with one attached hydrogen (secondary N) is 2. The van der Waals surface area contributed by atoms with E-state index in [0.29, 0.717) is 39.0 Å². The number of Topliss-reactive ketones (excluding diaryl/α,β-unsaturated/α-hetero) is 1. The van der Waals surface area contributed by atoms with Crippen molar-refractivity contribution < 1.29 is 14.7 Å². The second kappa shape index (κ2) is 8.86. The van der Waals surface area contributed by atoms with Gasteiger partial charge in [0.05, 0.1) is 17.3 Å². The van der Waals surface area contributed by atoms with Gasteiger partial charge in [-0.15, -0.1) is 0 Å². The number of fused-ring (bicyclic) bond motifs is 1. The first-order valence-corrected chi connectivity index (χ1v) is 10.9. The van der Waals surface area contributed by atoms with E-state index < -0.39 is 0 Å². The molecule has 5 aromatic rings. The van der Waals surface area contributed by atoms with Crippen LogP contribution in [-0.2, 0) is 13.5 Å². The average molecular weight is 467 g/mol. The highest BCUT2D eigenvalue weighted by atomic mass is 16.3. The summed E-state index contributed by atoms with van der Waals surface area (Å²) in [6.45, 7) is 1.87. The second-order valence-electron chi connectivity index (χ2n) is 8.35. The van der Waals surface area contributed by atoms with Gasteiger partial charge < -0.3 is 10.1 Å². The maximum atomic E-state index is 13.3. The molecule has 35 heavy (non-hydrogen) atoms. The minimum absolute atomic E-state index is 0.0449. The summed E-state index contributed by atoms with van der Waals surface area (Å²) in [7, 11) is 1.76. The Morgan fingerprint density at radius 1 is 1.11 bits per heavy atom. The van der Waals surface area contributed by atoms with Crippen molar-refractivity contribution >= 4 is 34.5 Å². The topological polar surface area (TPSA) is 129 Å². The molecule has 3 heterocycles. The molecule has 5 rings (SSSR count). The maximum absolute atomic E-state index is 13.3. The van der Waals surface area contributed by atoms with Crippen LogP contribution in [0.2, 0.25) is 0 Å². The molecule has 0 unspecified atom stereocenters. The highest BCUT2D eigenvalue weighted by Gasteiger charge is 2.16. The van der Waals surface area contributed by atoms with Crippen molar-refractivity contribution in [3.63, 3.8) is 0 Å². The zero-order chi connectivity index (χ0) is 24.5. The summed E-state index contributed by atoms with van der Waals surface area (Å²) >= 11 is 0. The Morgan fingerprint density at radius 2 is 1.94 bits per heavy atom. The lowest BCUT2D eigenvalue weighted by molar-refractivity contribution is 0.0990. The lowest BCUT2D eigenvalue weighted by Crippen LogP contribution is -2.05. The predicted octanol–water partition coefficient (Wildman–Crippen LogP) is 4.05. The third-order valence-corrected chi connectivity index (χ3v) is 5.68. The van der Waals surface area contributed by atoms with Crippen molar-refractivity contribution in [1.82, 2.24) is 25.0 Å². The van der Waals surface area contributed by atoms with Crippen LogP contribution in [0.25, 0.3) is 10.9 Å². The Balaban J connectivity index is 1.42. The molecule has 0 aliphatic carbocycles. The van der Waals surface area contributed by atoms with Crippen LogP contribution in [0.15, 0.2) is 65.9 Å². The SMILES string of the molecule is Cc1cc(N=Cc2c(O)[nH]c3ccc(C(=O)c4cccc(CC(=O)c5cnn(C)c5)c4)cc23)n[nH]1. The highest BCUT2D eigenvalue weighted by molar-refractivity contribution is 6.12. The summed E-state index contributed by atoms with van der Waals surface area (Å²) in [5.74, 6) is 0.190. The van der Waals surface area contributed by atoms with Crippen LogP contribution in [0.3, 0.4) is 0 Å². The van der Waals surface area contributed by atoms with Gasteiger partial charge in [-0.2, -0.15) is 10.2 Å². The van der Waals surface area contributed by atoms with Gasteiger partial charge in [0.15, 0.2) is 23.3 Å². The van der Waals surface area contributed by atoms with Crippen LogP contribution in [-0.4, -0.2) is 47.8 Å². The van der Waals surface area contributed by atoms with Crippen LogP contribution < -0.4 is 0 Å². The molecule has 0 aliphatic heterocycles. The van der Waals surface area contributed by atoms with Gasteiger partial charge in [0.2, 0.25) is 0 Å². The van der Waals surface area contributed by atoms with E-state index in [1.54, 1.807) is 60.4 Å². The third kappa shape index (κ3) is 4.51. The molecule has 0 atom stereocenters. The molecular weight excluding hydrogens is 444 g/mol. The quantitative estimate of drug-likeness (QED) is 0.246. The zero-order valence-electron chi connectivity index (χ0n) is 19.1. The Hall–Kier alpha value is -4.79. The maximum Gasteiger partial charge on any atom is 0.198 e. The van der Waals surface area contributed by atoms with E-state index in [0.717, 1.165) is 11.3 Å². The normalized spacial score (nSPS) is 11.5. The summed E-state index contributed by atoms with van der Waals surface area (Å²) in [5, 5.41) is 22.0. The Kier molecular flexibility index (Phi) is 5.58. The van der Waals surface area contributed by atoms with Gasteiger partial charge in [0.1, 0.15) is 0 Å². The fourth-order valence-corrected chi connectivity index (χ4v) is 3.91. The van der Waals surface area contributed by atoms with Gasteiger partial charge in [-0.1, -0.05) is 18.2 Å². The summed E-state index contributed by atoms with van der Waals surface area (Å²) in [6, 6.07) is 14.0. The first-order chi connectivity index (χ1) is 16.9. The fourth-order valence-electron chi connectivity index (χ4n) is 3.91. The summed E-state index contributed by atoms with van der Waals surface area (Å²) in [5.41, 5.74) is 4.21. The average Bonchev–Trinajstić information content (AvgIpc) is 3.55. The van der Waals surface area contributed by atoms with Crippen molar-refractivity contribution in [2.24, 2.45) is 12.0 Å². The number of aliphatic imine (C=N–C) groups is 1. The van der Waals surface area contributed by atoms with Crippen LogP contribution >= 0.6 is 0 Å². The fraction of sp³-hybridized carbons (Fsp3) is 0.115. The summed E-state index contributed by atoms with van der Waals surface area (Å²) in [4.78, 5) is 33.0. The van der Waals surface area contributed by atoms with Crippen molar-refractivity contribution in [2.75, 3.05) is 0 Å². The molecule has 174 valence electrons. The first kappa shape index (κ1) is 22.0. The minimum atomic E-state index is -0.186. The first-order valence-electron chi connectivity index (χ1n) is 10.9. The Morgan fingerprint density at radius 3 is 2.69 bits per heavy atom. The van der Waals surface area contributed by atoms with Gasteiger partial charge in [-0.25, -0.2) is 4.99 Å². The lowest BCUT2D eigenvalue weighted by atomic mass is 9.97. The van der Waals surface area contributed by atoms with Crippen LogP contribution in [0.1, 0.15) is 43.1 Å².